The molecular formula is C21H22ClN3O3. The molecule has 0 unspecified atom stereocenters. The van der Waals surface area contributed by atoms with Crippen molar-refractivity contribution in [2.45, 2.75) is 20.4 Å². The van der Waals surface area contributed by atoms with Crippen LogP contribution in [0.4, 0.5) is 0 Å². The van der Waals surface area contributed by atoms with Crippen LogP contribution in [-0.4, -0.2) is 29.6 Å². The molecule has 0 aliphatic heterocycles. The molecule has 1 aromatic heterocycles. The highest BCUT2D eigenvalue weighted by Crippen LogP contribution is 2.36. The van der Waals surface area contributed by atoms with E-state index in [9.17, 15) is 4.79 Å². The van der Waals surface area contributed by atoms with E-state index in [-0.39, 0.29) is 5.91 Å². The molecule has 0 bridgehead atoms. The molecule has 0 fully saturated rings. The molecule has 0 atom stereocenters. The number of methoxy groups -OCH3 is 1. The van der Waals surface area contributed by atoms with Gasteiger partial charge in [-0.3, -0.25) is 4.79 Å². The van der Waals surface area contributed by atoms with E-state index in [0.717, 1.165) is 22.2 Å². The van der Waals surface area contributed by atoms with Crippen molar-refractivity contribution in [1.82, 2.24) is 15.3 Å². The first-order valence-corrected chi connectivity index (χ1v) is 9.29. The van der Waals surface area contributed by atoms with Crippen molar-refractivity contribution in [3.8, 4) is 11.5 Å². The van der Waals surface area contributed by atoms with Gasteiger partial charge in [0.1, 0.15) is 5.82 Å². The number of ether oxygens (including phenoxy) is 2. The van der Waals surface area contributed by atoms with Gasteiger partial charge in [-0.2, -0.15) is 0 Å². The Balaban J connectivity index is 1.66. The molecule has 0 aliphatic rings. The molecule has 146 valence electrons. The molecule has 0 spiro atoms. The monoisotopic (exact) mass is 399 g/mol. The minimum Gasteiger partial charge on any atom is -0.491 e. The van der Waals surface area contributed by atoms with Gasteiger partial charge >= 0.3 is 0 Å². The van der Waals surface area contributed by atoms with Gasteiger partial charge in [0.15, 0.2) is 11.5 Å². The molecule has 2 N–H and O–H groups in total. The predicted octanol–water partition coefficient (Wildman–Crippen LogP) is 4.26. The topological polar surface area (TPSA) is 76.2 Å². The van der Waals surface area contributed by atoms with Gasteiger partial charge in [-0.25, -0.2) is 4.98 Å². The number of aryl methyl sites for hydroxylation is 1. The normalized spacial score (nSPS) is 11.1. The van der Waals surface area contributed by atoms with Crippen molar-refractivity contribution in [3.05, 3.63) is 58.4 Å². The van der Waals surface area contributed by atoms with Crippen LogP contribution in [0.15, 0.2) is 36.4 Å². The number of aromatic nitrogens is 2. The Morgan fingerprint density at radius 3 is 2.89 bits per heavy atom. The summed E-state index contributed by atoms with van der Waals surface area (Å²) in [5, 5.41) is 3.24. The highest BCUT2D eigenvalue weighted by Gasteiger charge is 2.10. The summed E-state index contributed by atoms with van der Waals surface area (Å²) in [7, 11) is 1.53. The van der Waals surface area contributed by atoms with Crippen LogP contribution in [0.25, 0.3) is 17.1 Å². The summed E-state index contributed by atoms with van der Waals surface area (Å²) in [6, 6.07) is 9.48. The molecule has 0 radical (unpaired) electrons. The van der Waals surface area contributed by atoms with Crippen LogP contribution in [0.5, 0.6) is 11.5 Å². The first-order valence-electron chi connectivity index (χ1n) is 8.91. The second-order valence-corrected chi connectivity index (χ2v) is 6.63. The first kappa shape index (κ1) is 19.8. The Hall–Kier alpha value is -2.99. The number of nitrogens with one attached hydrogen (secondary N) is 2. The van der Waals surface area contributed by atoms with E-state index in [4.69, 9.17) is 21.1 Å². The van der Waals surface area contributed by atoms with Gasteiger partial charge < -0.3 is 19.8 Å². The fourth-order valence-electron chi connectivity index (χ4n) is 2.81. The number of H-pyrrole nitrogens is 1. The summed E-state index contributed by atoms with van der Waals surface area (Å²) in [5.41, 5.74) is 3.72. The Morgan fingerprint density at radius 1 is 1.32 bits per heavy atom. The number of carbonyl (C=O) groups is 1. The van der Waals surface area contributed by atoms with Gasteiger partial charge in [0.05, 0.1) is 36.3 Å². The molecule has 0 saturated carbocycles. The number of carbonyl (C=O) groups excluding carboxylic acids is 1. The lowest BCUT2D eigenvalue weighted by atomic mass is 10.2. The average Bonchev–Trinajstić information content (AvgIpc) is 3.07. The Bertz CT molecular complexity index is 1030. The largest absolute Gasteiger partial charge is 0.491 e. The van der Waals surface area contributed by atoms with Crippen LogP contribution in [0.3, 0.4) is 0 Å². The summed E-state index contributed by atoms with van der Waals surface area (Å²) in [5.74, 6) is 1.48. The van der Waals surface area contributed by atoms with Crippen molar-refractivity contribution < 1.29 is 14.3 Å². The molecule has 1 heterocycles. The van der Waals surface area contributed by atoms with Crippen LogP contribution in [0.2, 0.25) is 5.02 Å². The molecule has 3 aromatic rings. The molecule has 1 amide bonds. The molecular weight excluding hydrogens is 378 g/mol. The molecule has 2 aromatic carbocycles. The molecule has 7 heteroatoms. The number of nitrogens with zero attached hydrogens (tertiary/aromatic N) is 1. The van der Waals surface area contributed by atoms with Crippen molar-refractivity contribution >= 4 is 34.6 Å². The van der Waals surface area contributed by atoms with Crippen molar-refractivity contribution in [2.75, 3.05) is 13.7 Å². The summed E-state index contributed by atoms with van der Waals surface area (Å²) in [4.78, 5) is 19.8. The predicted molar refractivity (Wildman–Crippen MR) is 111 cm³/mol. The highest BCUT2D eigenvalue weighted by molar-refractivity contribution is 6.32. The maximum atomic E-state index is 12.1. The van der Waals surface area contributed by atoms with E-state index in [1.165, 1.54) is 13.2 Å². The maximum Gasteiger partial charge on any atom is 0.244 e. The zero-order chi connectivity index (χ0) is 20.1. The number of halogens is 1. The number of aromatic amines is 1. The van der Waals surface area contributed by atoms with Crippen LogP contribution in [0, 0.1) is 6.92 Å². The molecule has 28 heavy (non-hydrogen) atoms. The smallest absolute Gasteiger partial charge is 0.244 e. The third kappa shape index (κ3) is 4.64. The zero-order valence-corrected chi connectivity index (χ0v) is 16.8. The fourth-order valence-corrected chi connectivity index (χ4v) is 3.10. The Morgan fingerprint density at radius 2 is 2.14 bits per heavy atom. The molecule has 6 nitrogen and oxygen atoms in total. The number of hydrogen-bond donors (Lipinski definition) is 2. The highest BCUT2D eigenvalue weighted by atomic mass is 35.5. The summed E-state index contributed by atoms with van der Waals surface area (Å²) in [6.07, 6.45) is 3.12. The lowest BCUT2D eigenvalue weighted by Crippen LogP contribution is -2.20. The van der Waals surface area contributed by atoms with Gasteiger partial charge in [-0.1, -0.05) is 17.7 Å². The number of imidazole rings is 1. The van der Waals surface area contributed by atoms with Crippen LogP contribution < -0.4 is 14.8 Å². The SMILES string of the molecule is CCOc1cc(/C=C/C(=O)NCc2nc3ccc(C)cc3[nH]2)cc(Cl)c1OC. The van der Waals surface area contributed by atoms with Gasteiger partial charge in [0.25, 0.3) is 0 Å². The van der Waals surface area contributed by atoms with Crippen molar-refractivity contribution in [1.29, 1.82) is 0 Å². The minimum absolute atomic E-state index is 0.235. The fraction of sp³-hybridized carbons (Fsp3) is 0.238. The third-order valence-corrected chi connectivity index (χ3v) is 4.36. The number of fused-ring (bicyclic) bond motifs is 1. The van der Waals surface area contributed by atoms with E-state index in [1.807, 2.05) is 32.0 Å². The second-order valence-electron chi connectivity index (χ2n) is 6.22. The van der Waals surface area contributed by atoms with Gasteiger partial charge in [0.2, 0.25) is 5.91 Å². The summed E-state index contributed by atoms with van der Waals surface area (Å²) >= 11 is 6.22. The quantitative estimate of drug-likeness (QED) is 0.582. The molecule has 3 rings (SSSR count). The lowest BCUT2D eigenvalue weighted by Gasteiger charge is -2.11. The van der Waals surface area contributed by atoms with Gasteiger partial charge in [0, 0.05) is 6.08 Å². The zero-order valence-electron chi connectivity index (χ0n) is 16.0. The van der Waals surface area contributed by atoms with Crippen LogP contribution in [0.1, 0.15) is 23.9 Å². The Labute approximate surface area is 168 Å². The third-order valence-electron chi connectivity index (χ3n) is 4.08. The van der Waals surface area contributed by atoms with Gasteiger partial charge in [-0.15, -0.1) is 0 Å². The Kier molecular flexibility index (Phi) is 6.21. The second kappa shape index (κ2) is 8.80. The minimum atomic E-state index is -0.235. The number of amides is 1. The lowest BCUT2D eigenvalue weighted by molar-refractivity contribution is -0.116. The first-order chi connectivity index (χ1) is 13.5. The standard InChI is InChI=1S/C21H22ClN3O3/c1-4-28-18-11-14(10-15(22)21(18)27-3)6-8-20(26)23-12-19-24-16-7-5-13(2)9-17(16)25-19/h5-11H,4,12H2,1-3H3,(H,23,26)(H,24,25)/b8-6+. The van der Waals surface area contributed by atoms with E-state index in [1.54, 1.807) is 18.2 Å². The maximum absolute atomic E-state index is 12.1. The molecule has 0 saturated heterocycles. The average molecular weight is 400 g/mol. The number of hydrogen-bond acceptors (Lipinski definition) is 4. The summed E-state index contributed by atoms with van der Waals surface area (Å²) < 4.78 is 10.8. The van der Waals surface area contributed by atoms with E-state index in [0.29, 0.717) is 35.5 Å². The van der Waals surface area contributed by atoms with E-state index in [2.05, 4.69) is 15.3 Å². The van der Waals surface area contributed by atoms with E-state index < -0.39 is 0 Å². The van der Waals surface area contributed by atoms with E-state index >= 15 is 0 Å². The van der Waals surface area contributed by atoms with Gasteiger partial charge in [-0.05, 0) is 55.3 Å². The van der Waals surface area contributed by atoms with Crippen molar-refractivity contribution in [3.63, 3.8) is 0 Å². The van der Waals surface area contributed by atoms with Crippen LogP contribution in [-0.2, 0) is 11.3 Å². The molecule has 0 aliphatic carbocycles. The summed E-state index contributed by atoms with van der Waals surface area (Å²) in [6.45, 7) is 4.69. The number of rotatable bonds is 7. The number of benzene rings is 2. The van der Waals surface area contributed by atoms with Crippen molar-refractivity contribution in [2.24, 2.45) is 0 Å². The van der Waals surface area contributed by atoms with Crippen LogP contribution >= 0.6 is 11.6 Å².